The van der Waals surface area contributed by atoms with E-state index in [-0.39, 0.29) is 0 Å². The van der Waals surface area contributed by atoms with Crippen molar-refractivity contribution in [1.29, 1.82) is 0 Å². The van der Waals surface area contributed by atoms with Crippen LogP contribution in [0.1, 0.15) is 30.1 Å². The third kappa shape index (κ3) is 2.57. The lowest BCUT2D eigenvalue weighted by Crippen LogP contribution is -2.29. The van der Waals surface area contributed by atoms with Gasteiger partial charge in [-0.3, -0.25) is 4.68 Å². The zero-order valence-corrected chi connectivity index (χ0v) is 15.1. The summed E-state index contributed by atoms with van der Waals surface area (Å²) in [5, 5.41) is 14.1. The summed E-state index contributed by atoms with van der Waals surface area (Å²) in [5.74, 6) is 0. The monoisotopic (exact) mass is 346 g/mol. The van der Waals surface area contributed by atoms with Crippen molar-refractivity contribution >= 4 is 16.6 Å². The number of piperidine rings is 1. The van der Waals surface area contributed by atoms with Crippen molar-refractivity contribution in [3.05, 3.63) is 47.9 Å². The van der Waals surface area contributed by atoms with E-state index in [4.69, 9.17) is 10.2 Å². The van der Waals surface area contributed by atoms with Crippen LogP contribution in [0.25, 0.3) is 27.8 Å². The number of rotatable bonds is 2. The SMILES string of the molecule is Cc1cn2nc(-c3ccc4nn(C5CCNCC5)cc4c3)cc(C)c2n1. The van der Waals surface area contributed by atoms with E-state index in [2.05, 4.69) is 52.4 Å². The molecule has 0 saturated carbocycles. The summed E-state index contributed by atoms with van der Waals surface area (Å²) in [6, 6.07) is 9.01. The number of aromatic nitrogens is 5. The van der Waals surface area contributed by atoms with E-state index in [1.165, 1.54) is 5.39 Å². The van der Waals surface area contributed by atoms with Crippen LogP contribution in [-0.2, 0) is 0 Å². The van der Waals surface area contributed by atoms with Gasteiger partial charge in [-0.2, -0.15) is 10.2 Å². The summed E-state index contributed by atoms with van der Waals surface area (Å²) in [6.45, 7) is 6.22. The van der Waals surface area contributed by atoms with Gasteiger partial charge in [0, 0.05) is 17.1 Å². The number of aryl methyl sites for hydroxylation is 2. The van der Waals surface area contributed by atoms with Crippen LogP contribution in [0.3, 0.4) is 0 Å². The average Bonchev–Trinajstić information content (AvgIpc) is 3.24. The lowest BCUT2D eigenvalue weighted by atomic mass is 10.1. The quantitative estimate of drug-likeness (QED) is 0.605. The maximum Gasteiger partial charge on any atom is 0.156 e. The van der Waals surface area contributed by atoms with Crippen LogP contribution in [0, 0.1) is 13.8 Å². The Labute approximate surface area is 151 Å². The molecule has 6 nitrogen and oxygen atoms in total. The zero-order chi connectivity index (χ0) is 17.7. The summed E-state index contributed by atoms with van der Waals surface area (Å²) in [7, 11) is 0. The fourth-order valence-corrected chi connectivity index (χ4v) is 3.85. The molecule has 1 aromatic carbocycles. The van der Waals surface area contributed by atoms with Crippen molar-refractivity contribution in [3.63, 3.8) is 0 Å². The molecule has 4 aromatic rings. The van der Waals surface area contributed by atoms with Crippen molar-refractivity contribution < 1.29 is 0 Å². The van der Waals surface area contributed by atoms with Crippen LogP contribution in [-0.4, -0.2) is 37.5 Å². The normalized spacial score (nSPS) is 15.9. The Hall–Kier alpha value is -2.73. The fraction of sp³-hybridized carbons (Fsp3) is 0.350. The molecule has 3 aromatic heterocycles. The van der Waals surface area contributed by atoms with Crippen molar-refractivity contribution in [2.45, 2.75) is 32.7 Å². The van der Waals surface area contributed by atoms with Crippen molar-refractivity contribution in [2.24, 2.45) is 0 Å². The number of benzene rings is 1. The van der Waals surface area contributed by atoms with Gasteiger partial charge in [0.05, 0.1) is 29.1 Å². The Balaban J connectivity index is 1.56. The molecule has 0 unspecified atom stereocenters. The summed E-state index contributed by atoms with van der Waals surface area (Å²) in [4.78, 5) is 4.53. The van der Waals surface area contributed by atoms with Crippen LogP contribution < -0.4 is 5.32 Å². The Morgan fingerprint density at radius 2 is 1.88 bits per heavy atom. The molecule has 1 saturated heterocycles. The smallest absolute Gasteiger partial charge is 0.156 e. The van der Waals surface area contributed by atoms with Gasteiger partial charge in [-0.15, -0.1) is 0 Å². The topological polar surface area (TPSA) is 60.0 Å². The van der Waals surface area contributed by atoms with Crippen LogP contribution in [0.4, 0.5) is 0 Å². The first-order chi connectivity index (χ1) is 12.7. The molecule has 0 atom stereocenters. The minimum absolute atomic E-state index is 0.498. The molecule has 4 heterocycles. The fourth-order valence-electron chi connectivity index (χ4n) is 3.85. The number of hydrogen-bond donors (Lipinski definition) is 1. The largest absolute Gasteiger partial charge is 0.317 e. The highest BCUT2D eigenvalue weighted by Gasteiger charge is 2.16. The Morgan fingerprint density at radius 3 is 2.73 bits per heavy atom. The zero-order valence-electron chi connectivity index (χ0n) is 15.1. The number of nitrogens with zero attached hydrogens (tertiary/aromatic N) is 5. The van der Waals surface area contributed by atoms with Crippen molar-refractivity contribution in [3.8, 4) is 11.3 Å². The second-order valence-electron chi connectivity index (χ2n) is 7.23. The molecule has 0 spiro atoms. The van der Waals surface area contributed by atoms with Gasteiger partial charge in [0.15, 0.2) is 5.65 Å². The van der Waals surface area contributed by atoms with Gasteiger partial charge >= 0.3 is 0 Å². The first-order valence-electron chi connectivity index (χ1n) is 9.21. The first kappa shape index (κ1) is 15.5. The summed E-state index contributed by atoms with van der Waals surface area (Å²) >= 11 is 0. The van der Waals surface area contributed by atoms with E-state index < -0.39 is 0 Å². The Kier molecular flexibility index (Phi) is 3.53. The molecule has 1 N–H and O–H groups in total. The van der Waals surface area contributed by atoms with Gasteiger partial charge in [0.2, 0.25) is 0 Å². The minimum atomic E-state index is 0.498. The lowest BCUT2D eigenvalue weighted by Gasteiger charge is -2.22. The van der Waals surface area contributed by atoms with Gasteiger partial charge in [-0.1, -0.05) is 6.07 Å². The van der Waals surface area contributed by atoms with E-state index in [0.717, 1.165) is 59.6 Å². The highest BCUT2D eigenvalue weighted by Crippen LogP contribution is 2.26. The summed E-state index contributed by atoms with van der Waals surface area (Å²) < 4.78 is 4.03. The molecule has 0 amide bonds. The second kappa shape index (κ2) is 5.92. The minimum Gasteiger partial charge on any atom is -0.317 e. The van der Waals surface area contributed by atoms with E-state index in [0.29, 0.717) is 6.04 Å². The Morgan fingerprint density at radius 1 is 1.04 bits per heavy atom. The number of hydrogen-bond acceptors (Lipinski definition) is 4. The highest BCUT2D eigenvalue weighted by molar-refractivity contribution is 5.83. The molecule has 26 heavy (non-hydrogen) atoms. The number of fused-ring (bicyclic) bond motifs is 2. The summed E-state index contributed by atoms with van der Waals surface area (Å²) in [6.07, 6.45) is 6.43. The molecule has 5 rings (SSSR count). The predicted octanol–water partition coefficient (Wildman–Crippen LogP) is 3.29. The molecule has 1 fully saturated rings. The van der Waals surface area contributed by atoms with Gasteiger partial charge in [-0.05, 0) is 63.5 Å². The molecular formula is C20H22N6. The lowest BCUT2D eigenvalue weighted by molar-refractivity contribution is 0.345. The van der Waals surface area contributed by atoms with E-state index in [9.17, 15) is 0 Å². The van der Waals surface area contributed by atoms with Crippen molar-refractivity contribution in [2.75, 3.05) is 13.1 Å². The van der Waals surface area contributed by atoms with Gasteiger partial charge in [0.25, 0.3) is 0 Å². The molecule has 1 aliphatic heterocycles. The molecule has 6 heteroatoms. The van der Waals surface area contributed by atoms with Gasteiger partial charge < -0.3 is 5.32 Å². The van der Waals surface area contributed by atoms with Crippen molar-refractivity contribution in [1.82, 2.24) is 29.7 Å². The van der Waals surface area contributed by atoms with Gasteiger partial charge in [-0.25, -0.2) is 9.50 Å². The van der Waals surface area contributed by atoms with Gasteiger partial charge in [0.1, 0.15) is 0 Å². The van der Waals surface area contributed by atoms with Crippen LogP contribution in [0.5, 0.6) is 0 Å². The molecule has 132 valence electrons. The molecule has 0 aliphatic carbocycles. The van der Waals surface area contributed by atoms with E-state index in [1.54, 1.807) is 0 Å². The van der Waals surface area contributed by atoms with E-state index >= 15 is 0 Å². The third-order valence-electron chi connectivity index (χ3n) is 5.23. The average molecular weight is 346 g/mol. The molecule has 0 radical (unpaired) electrons. The van der Waals surface area contributed by atoms with Crippen LogP contribution in [0.15, 0.2) is 36.7 Å². The maximum absolute atomic E-state index is 4.80. The number of imidazole rings is 1. The standard InChI is InChI=1S/C20H22N6/c1-13-9-19(24-26-11-14(2)22-20(13)26)15-3-4-18-16(10-15)12-25(23-18)17-5-7-21-8-6-17/h3-4,9-12,17,21H,5-8H2,1-2H3. The third-order valence-corrected chi connectivity index (χ3v) is 5.23. The maximum atomic E-state index is 4.80. The summed E-state index contributed by atoms with van der Waals surface area (Å²) in [5.41, 5.74) is 6.15. The molecule has 1 aliphatic rings. The number of nitrogens with one attached hydrogen (secondary N) is 1. The van der Waals surface area contributed by atoms with E-state index in [1.807, 2.05) is 17.6 Å². The first-order valence-corrected chi connectivity index (χ1v) is 9.21. The predicted molar refractivity (Wildman–Crippen MR) is 102 cm³/mol. The van der Waals surface area contributed by atoms with Crippen LogP contribution >= 0.6 is 0 Å². The molecule has 0 bridgehead atoms. The van der Waals surface area contributed by atoms with Crippen LogP contribution in [0.2, 0.25) is 0 Å². The highest BCUT2D eigenvalue weighted by atomic mass is 15.3. The molecular weight excluding hydrogens is 324 g/mol. The Bertz CT molecular complexity index is 1100. The second-order valence-corrected chi connectivity index (χ2v) is 7.23.